The Hall–Kier alpha value is -11.9. The van der Waals surface area contributed by atoms with Crippen LogP contribution >= 0.6 is 0 Å². The van der Waals surface area contributed by atoms with E-state index < -0.39 is 0 Å². The van der Waals surface area contributed by atoms with Gasteiger partial charge >= 0.3 is 0 Å². The molecule has 0 N–H and O–H groups in total. The van der Waals surface area contributed by atoms with E-state index in [2.05, 4.69) is 327 Å². The molecule has 97 heavy (non-hydrogen) atoms. The Kier molecular flexibility index (Phi) is 10.9. The highest BCUT2D eigenvalue weighted by Gasteiger charge is 2.43. The summed E-state index contributed by atoms with van der Waals surface area (Å²) in [7, 11) is 0. The monoisotopic (exact) mass is 1240 g/mol. The molecular formula is C89H62BN7. The molecule has 0 unspecified atom stereocenters. The average Bonchev–Trinajstić information content (AvgIpc) is 1.54. The topological polar surface area (TPSA) is 58.4 Å². The first kappa shape index (κ1) is 54.5. The van der Waals surface area contributed by atoms with E-state index in [1.54, 1.807) is 0 Å². The second-order valence-corrected chi connectivity index (χ2v) is 29.1. The largest absolute Gasteiger partial charge is 0.310 e. The molecular weight excluding hydrogens is 1180 g/mol. The number of nitrogens with zero attached hydrogens (tertiary/aromatic N) is 7. The maximum absolute atomic E-state index is 5.83. The molecule has 14 aromatic carbocycles. The minimum Gasteiger partial charge on any atom is -0.310 e. The fraction of sp³-hybridized carbons (Fsp3) is 0.0899. The quantitative estimate of drug-likeness (QED) is 0.127. The molecule has 21 rings (SSSR count). The number of fused-ring (bicyclic) bond motifs is 23. The van der Waals surface area contributed by atoms with Gasteiger partial charge in [-0.15, -0.1) is 0 Å². The van der Waals surface area contributed by atoms with Gasteiger partial charge < -0.3 is 9.13 Å². The third kappa shape index (κ3) is 7.50. The highest BCUT2D eigenvalue weighted by Crippen LogP contribution is 2.49. The number of hydrogen-bond acceptors (Lipinski definition) is 3. The molecule has 0 radical (unpaired) electrons. The van der Waals surface area contributed by atoms with Crippen LogP contribution in [-0.4, -0.2) is 39.9 Å². The SMILES string of the molecule is CC(C)(C)c1ccc2c(c1)c1cc(C(C)(C)C)cc3c1n2-c1cc(-c2nc(-n4c5ccccc5c5ccccc54)nc(-n4c5ccccc5c5ccccc54)n2)cc2c1B3c1cc(-c3ccccc3-c3ccccc3)cc3c4c5c6ccccc6c6ccccc6c5ccc4n-2c13. The molecule has 5 aromatic heterocycles. The molecule has 0 fully saturated rings. The zero-order chi connectivity index (χ0) is 64.5. The van der Waals surface area contributed by atoms with Gasteiger partial charge in [-0.05, 0) is 154 Å². The Morgan fingerprint density at radius 2 is 0.711 bits per heavy atom. The summed E-state index contributed by atoms with van der Waals surface area (Å²) in [5.74, 6) is 1.66. The third-order valence-electron chi connectivity index (χ3n) is 21.7. The Labute approximate surface area is 559 Å². The standard InChI is InChI=1S/C89H62BN7/c1-88(2,3)54-40-42-76-67(48-54)68-49-55(89(4,5)6)50-71-83(68)94(76)78-46-53(85-91-86(96-72-36-20-16-31-61(72)62-32-17-21-37-73(62)96)93-87(92-85)97-74-38-22-18-33-63(74)64-34-19-23-39-75(64)97)47-79-82(78)90(71)70-45-52(57-27-11-10-26-56(57)51-24-8-7-9-25-51)44-69-81-77(95(79)84(69)70)43-41-66-60-30-13-12-28-58(60)59-29-14-15-35-65(59)80(66)81/h7-50H,1-6H3. The Bertz CT molecular complexity index is 6450. The van der Waals surface area contributed by atoms with Gasteiger partial charge in [0.25, 0.3) is 6.71 Å². The Morgan fingerprint density at radius 3 is 1.28 bits per heavy atom. The van der Waals surface area contributed by atoms with E-state index in [0.717, 1.165) is 66.1 Å². The summed E-state index contributed by atoms with van der Waals surface area (Å²) < 4.78 is 9.77. The number of para-hydroxylation sites is 4. The van der Waals surface area contributed by atoms with Crippen LogP contribution in [0.3, 0.4) is 0 Å². The Balaban J connectivity index is 0.963. The van der Waals surface area contributed by atoms with Gasteiger partial charge in [0.15, 0.2) is 5.82 Å². The van der Waals surface area contributed by atoms with Crippen molar-refractivity contribution in [2.24, 2.45) is 0 Å². The van der Waals surface area contributed by atoms with E-state index in [-0.39, 0.29) is 17.5 Å². The lowest BCUT2D eigenvalue weighted by Gasteiger charge is -2.35. The van der Waals surface area contributed by atoms with Crippen molar-refractivity contribution in [3.05, 3.63) is 278 Å². The van der Waals surface area contributed by atoms with Crippen LogP contribution in [0.5, 0.6) is 0 Å². The van der Waals surface area contributed by atoms with Gasteiger partial charge in [-0.25, -0.2) is 0 Å². The summed E-state index contributed by atoms with van der Waals surface area (Å²) in [5.41, 5.74) is 23.0. The van der Waals surface area contributed by atoms with Crippen LogP contribution < -0.4 is 16.4 Å². The average molecular weight is 1240 g/mol. The predicted molar refractivity (Wildman–Crippen MR) is 408 cm³/mol. The number of rotatable bonds is 5. The highest BCUT2D eigenvalue weighted by molar-refractivity contribution is 7.00. The van der Waals surface area contributed by atoms with E-state index >= 15 is 0 Å². The Morgan fingerprint density at radius 1 is 0.278 bits per heavy atom. The van der Waals surface area contributed by atoms with Crippen molar-refractivity contribution in [1.82, 2.24) is 33.2 Å². The second-order valence-electron chi connectivity index (χ2n) is 29.1. The van der Waals surface area contributed by atoms with Crippen LogP contribution in [0.4, 0.5) is 0 Å². The van der Waals surface area contributed by atoms with E-state index in [4.69, 9.17) is 15.0 Å². The lowest BCUT2D eigenvalue weighted by Crippen LogP contribution is -2.59. The number of aromatic nitrogens is 7. The molecule has 456 valence electrons. The van der Waals surface area contributed by atoms with Crippen molar-refractivity contribution < 1.29 is 0 Å². The lowest BCUT2D eigenvalue weighted by atomic mass is 9.34. The molecule has 0 saturated carbocycles. The van der Waals surface area contributed by atoms with E-state index in [9.17, 15) is 0 Å². The second kappa shape index (κ2) is 19.4. The molecule has 2 aliphatic heterocycles. The molecule has 19 aromatic rings. The fourth-order valence-electron chi connectivity index (χ4n) is 17.3. The molecule has 2 aliphatic rings. The van der Waals surface area contributed by atoms with Crippen molar-refractivity contribution in [3.63, 3.8) is 0 Å². The first-order valence-corrected chi connectivity index (χ1v) is 34.0. The van der Waals surface area contributed by atoms with Crippen molar-refractivity contribution in [3.8, 4) is 56.9 Å². The minimum atomic E-state index is -0.200. The number of hydrogen-bond donors (Lipinski definition) is 0. The molecule has 0 bridgehead atoms. The predicted octanol–water partition coefficient (Wildman–Crippen LogP) is 20.5. The lowest BCUT2D eigenvalue weighted by molar-refractivity contribution is 0.590. The normalized spacial score (nSPS) is 13.0. The van der Waals surface area contributed by atoms with Gasteiger partial charge in [0, 0.05) is 76.4 Å². The van der Waals surface area contributed by atoms with E-state index in [1.807, 2.05) is 0 Å². The van der Waals surface area contributed by atoms with Crippen LogP contribution in [-0.2, 0) is 10.8 Å². The van der Waals surface area contributed by atoms with Crippen LogP contribution in [0.15, 0.2) is 267 Å². The van der Waals surface area contributed by atoms with Crippen molar-refractivity contribution in [2.45, 2.75) is 52.4 Å². The molecule has 0 spiro atoms. The molecule has 7 heterocycles. The van der Waals surface area contributed by atoms with Crippen LogP contribution in [0, 0.1) is 0 Å². The van der Waals surface area contributed by atoms with Gasteiger partial charge in [-0.3, -0.25) is 9.13 Å². The van der Waals surface area contributed by atoms with E-state index in [0.29, 0.717) is 17.7 Å². The maximum atomic E-state index is 5.83. The zero-order valence-corrected chi connectivity index (χ0v) is 54.6. The fourth-order valence-corrected chi connectivity index (χ4v) is 17.3. The summed E-state index contributed by atoms with van der Waals surface area (Å²) >= 11 is 0. The van der Waals surface area contributed by atoms with Crippen molar-refractivity contribution >= 4 is 143 Å². The molecule has 0 aliphatic carbocycles. The summed E-state index contributed by atoms with van der Waals surface area (Å²) in [6, 6.07) is 99.8. The minimum absolute atomic E-state index is 0.0910. The van der Waals surface area contributed by atoms with Gasteiger partial charge in [0.05, 0.1) is 33.1 Å². The van der Waals surface area contributed by atoms with Crippen LogP contribution in [0.2, 0.25) is 0 Å². The molecule has 8 heteroatoms. The number of benzene rings is 14. The van der Waals surface area contributed by atoms with Gasteiger partial charge in [0.2, 0.25) is 11.9 Å². The van der Waals surface area contributed by atoms with Gasteiger partial charge in [-0.2, -0.15) is 15.0 Å². The smallest absolute Gasteiger partial charge is 0.252 e. The van der Waals surface area contributed by atoms with Crippen molar-refractivity contribution in [1.29, 1.82) is 0 Å². The van der Waals surface area contributed by atoms with Gasteiger partial charge in [0.1, 0.15) is 0 Å². The summed E-state index contributed by atoms with van der Waals surface area (Å²) in [6.07, 6.45) is 0. The van der Waals surface area contributed by atoms with Crippen LogP contribution in [0.1, 0.15) is 52.7 Å². The summed E-state index contributed by atoms with van der Waals surface area (Å²) in [6.45, 7) is 13.9. The van der Waals surface area contributed by atoms with E-state index in [1.165, 1.54) is 120 Å². The molecule has 0 amide bonds. The summed E-state index contributed by atoms with van der Waals surface area (Å²) in [4.78, 5) is 17.3. The molecule has 0 atom stereocenters. The van der Waals surface area contributed by atoms with Gasteiger partial charge in [-0.1, -0.05) is 242 Å². The zero-order valence-electron chi connectivity index (χ0n) is 54.6. The molecule has 7 nitrogen and oxygen atoms in total. The van der Waals surface area contributed by atoms with Crippen LogP contribution in [0.25, 0.3) is 176 Å². The van der Waals surface area contributed by atoms with Crippen molar-refractivity contribution in [2.75, 3.05) is 0 Å². The first-order valence-electron chi connectivity index (χ1n) is 34.0. The summed E-state index contributed by atoms with van der Waals surface area (Å²) in [5, 5.41) is 17.0. The molecule has 0 saturated heterocycles. The maximum Gasteiger partial charge on any atom is 0.252 e. The highest BCUT2D eigenvalue weighted by atomic mass is 15.3. The third-order valence-corrected chi connectivity index (χ3v) is 21.7. The first-order chi connectivity index (χ1) is 47.4.